The Labute approximate surface area is 114 Å². The summed E-state index contributed by atoms with van der Waals surface area (Å²) in [6, 6.07) is 12.1. The molecule has 2 aromatic heterocycles. The lowest BCUT2D eigenvalue weighted by Crippen LogP contribution is -1.93. The average Bonchev–Trinajstić information content (AvgIpc) is 2.91. The largest absolute Gasteiger partial charge is 0.504 e. The smallest absolute Gasteiger partial charge is 0.182 e. The second-order valence-corrected chi connectivity index (χ2v) is 4.11. The van der Waals surface area contributed by atoms with Crippen LogP contribution in [-0.4, -0.2) is 26.8 Å². The number of ether oxygens (including phenoxy) is 1. The normalized spacial score (nSPS) is 10.4. The Balaban J connectivity index is 2.18. The van der Waals surface area contributed by atoms with Crippen LogP contribution >= 0.6 is 0 Å². The SMILES string of the molecule is COc1cc(-c2nc3cccc(C#N)n3n2)ccc1O. The lowest BCUT2D eigenvalue weighted by Gasteiger charge is -2.03. The first-order chi connectivity index (χ1) is 9.72. The Morgan fingerprint density at radius 1 is 1.30 bits per heavy atom. The van der Waals surface area contributed by atoms with Gasteiger partial charge in [0.2, 0.25) is 0 Å². The van der Waals surface area contributed by atoms with E-state index in [1.54, 1.807) is 30.3 Å². The zero-order chi connectivity index (χ0) is 14.1. The number of phenolic OH excluding ortho intramolecular Hbond substituents is 1. The van der Waals surface area contributed by atoms with Crippen molar-refractivity contribution >= 4 is 5.65 Å². The van der Waals surface area contributed by atoms with Crippen LogP contribution in [0.5, 0.6) is 11.5 Å². The quantitative estimate of drug-likeness (QED) is 0.766. The first-order valence-corrected chi connectivity index (χ1v) is 5.86. The Morgan fingerprint density at radius 3 is 2.90 bits per heavy atom. The zero-order valence-corrected chi connectivity index (χ0v) is 10.6. The van der Waals surface area contributed by atoms with Gasteiger partial charge in [-0.05, 0) is 30.3 Å². The van der Waals surface area contributed by atoms with Crippen LogP contribution in [0.3, 0.4) is 0 Å². The monoisotopic (exact) mass is 266 g/mol. The summed E-state index contributed by atoms with van der Waals surface area (Å²) in [7, 11) is 1.48. The third-order valence-electron chi connectivity index (χ3n) is 2.91. The van der Waals surface area contributed by atoms with Crippen LogP contribution in [0.1, 0.15) is 5.69 Å². The maximum Gasteiger partial charge on any atom is 0.182 e. The second kappa shape index (κ2) is 4.55. The molecule has 0 aliphatic heterocycles. The average molecular weight is 266 g/mol. The molecule has 2 heterocycles. The van der Waals surface area contributed by atoms with Gasteiger partial charge in [-0.15, -0.1) is 5.10 Å². The van der Waals surface area contributed by atoms with Gasteiger partial charge in [-0.1, -0.05) is 6.07 Å². The lowest BCUT2D eigenvalue weighted by atomic mass is 10.2. The predicted octanol–water partition coefficient (Wildman–Crippen LogP) is 1.98. The summed E-state index contributed by atoms with van der Waals surface area (Å²) in [5, 5.41) is 22.9. The Hall–Kier alpha value is -3.07. The molecule has 0 spiro atoms. The molecule has 0 aliphatic rings. The number of pyridine rings is 1. The van der Waals surface area contributed by atoms with E-state index in [-0.39, 0.29) is 5.75 Å². The van der Waals surface area contributed by atoms with Gasteiger partial charge in [-0.25, -0.2) is 9.50 Å². The molecule has 98 valence electrons. The van der Waals surface area contributed by atoms with Crippen molar-refractivity contribution in [1.82, 2.24) is 14.6 Å². The van der Waals surface area contributed by atoms with Crippen LogP contribution in [0.2, 0.25) is 0 Å². The first kappa shape index (κ1) is 12.0. The molecule has 0 bridgehead atoms. The van der Waals surface area contributed by atoms with E-state index in [0.29, 0.717) is 28.5 Å². The van der Waals surface area contributed by atoms with E-state index in [2.05, 4.69) is 16.2 Å². The van der Waals surface area contributed by atoms with Crippen molar-refractivity contribution in [3.8, 4) is 29.0 Å². The molecule has 3 rings (SSSR count). The first-order valence-electron chi connectivity index (χ1n) is 5.86. The Morgan fingerprint density at radius 2 is 2.15 bits per heavy atom. The van der Waals surface area contributed by atoms with Gasteiger partial charge in [-0.3, -0.25) is 0 Å². The number of fused-ring (bicyclic) bond motifs is 1. The molecule has 0 fully saturated rings. The van der Waals surface area contributed by atoms with Crippen molar-refractivity contribution in [2.45, 2.75) is 0 Å². The molecule has 20 heavy (non-hydrogen) atoms. The summed E-state index contributed by atoms with van der Waals surface area (Å²) in [5.41, 5.74) is 1.70. The van der Waals surface area contributed by atoms with Gasteiger partial charge in [-0.2, -0.15) is 5.26 Å². The van der Waals surface area contributed by atoms with Crippen LogP contribution in [0.25, 0.3) is 17.0 Å². The van der Waals surface area contributed by atoms with Crippen molar-refractivity contribution < 1.29 is 9.84 Å². The third-order valence-corrected chi connectivity index (χ3v) is 2.91. The van der Waals surface area contributed by atoms with E-state index >= 15 is 0 Å². The highest BCUT2D eigenvalue weighted by molar-refractivity contribution is 5.63. The molecule has 6 heteroatoms. The van der Waals surface area contributed by atoms with E-state index in [1.807, 2.05) is 0 Å². The number of methoxy groups -OCH3 is 1. The Kier molecular flexibility index (Phi) is 2.73. The van der Waals surface area contributed by atoms with Crippen LogP contribution in [0.15, 0.2) is 36.4 Å². The molecular formula is C14H10N4O2. The standard InChI is InChI=1S/C14H10N4O2/c1-20-12-7-9(5-6-11(12)19)14-16-13-4-2-3-10(8-15)18(13)17-14/h2-7,19H,1H3. The van der Waals surface area contributed by atoms with E-state index in [9.17, 15) is 5.11 Å². The van der Waals surface area contributed by atoms with Gasteiger partial charge in [0.05, 0.1) is 7.11 Å². The number of rotatable bonds is 2. The van der Waals surface area contributed by atoms with Gasteiger partial charge in [0.15, 0.2) is 23.0 Å². The highest BCUT2D eigenvalue weighted by Gasteiger charge is 2.11. The maximum absolute atomic E-state index is 9.59. The zero-order valence-electron chi connectivity index (χ0n) is 10.6. The molecule has 0 unspecified atom stereocenters. The fourth-order valence-corrected chi connectivity index (χ4v) is 1.93. The summed E-state index contributed by atoms with van der Waals surface area (Å²) in [5.74, 6) is 0.866. The highest BCUT2D eigenvalue weighted by Crippen LogP contribution is 2.30. The number of phenols is 1. The Bertz CT molecular complexity index is 833. The number of hydrogen-bond donors (Lipinski definition) is 1. The second-order valence-electron chi connectivity index (χ2n) is 4.11. The van der Waals surface area contributed by atoms with Gasteiger partial charge in [0.25, 0.3) is 0 Å². The summed E-state index contributed by atoms with van der Waals surface area (Å²) in [4.78, 5) is 4.36. The summed E-state index contributed by atoms with van der Waals surface area (Å²) >= 11 is 0. The molecule has 3 aromatic rings. The third kappa shape index (κ3) is 1.82. The molecule has 0 amide bonds. The van der Waals surface area contributed by atoms with Crippen molar-refractivity contribution in [2.24, 2.45) is 0 Å². The molecule has 0 aliphatic carbocycles. The van der Waals surface area contributed by atoms with E-state index in [4.69, 9.17) is 10.00 Å². The summed E-state index contributed by atoms with van der Waals surface area (Å²) in [6.45, 7) is 0. The molecular weight excluding hydrogens is 256 g/mol. The van der Waals surface area contributed by atoms with Gasteiger partial charge in [0, 0.05) is 5.56 Å². The van der Waals surface area contributed by atoms with Crippen molar-refractivity contribution in [2.75, 3.05) is 7.11 Å². The lowest BCUT2D eigenvalue weighted by molar-refractivity contribution is 0.373. The molecule has 0 saturated heterocycles. The summed E-state index contributed by atoms with van der Waals surface area (Å²) in [6.07, 6.45) is 0. The fraction of sp³-hybridized carbons (Fsp3) is 0.0714. The predicted molar refractivity (Wildman–Crippen MR) is 71.4 cm³/mol. The van der Waals surface area contributed by atoms with Crippen LogP contribution in [0.4, 0.5) is 0 Å². The molecule has 0 saturated carbocycles. The molecule has 6 nitrogen and oxygen atoms in total. The van der Waals surface area contributed by atoms with Crippen molar-refractivity contribution in [1.29, 1.82) is 5.26 Å². The number of aromatic nitrogens is 3. The number of hydrogen-bond acceptors (Lipinski definition) is 5. The van der Waals surface area contributed by atoms with E-state index in [0.717, 1.165) is 0 Å². The maximum atomic E-state index is 9.59. The fourth-order valence-electron chi connectivity index (χ4n) is 1.93. The summed E-state index contributed by atoms with van der Waals surface area (Å²) < 4.78 is 6.54. The minimum absolute atomic E-state index is 0.0535. The number of nitrogens with zero attached hydrogens (tertiary/aromatic N) is 4. The minimum atomic E-state index is 0.0535. The topological polar surface area (TPSA) is 83.4 Å². The molecule has 0 radical (unpaired) electrons. The molecule has 1 N–H and O–H groups in total. The van der Waals surface area contributed by atoms with Crippen molar-refractivity contribution in [3.63, 3.8) is 0 Å². The molecule has 0 atom stereocenters. The minimum Gasteiger partial charge on any atom is -0.504 e. The van der Waals surface area contributed by atoms with E-state index < -0.39 is 0 Å². The van der Waals surface area contributed by atoms with Crippen LogP contribution in [-0.2, 0) is 0 Å². The van der Waals surface area contributed by atoms with Gasteiger partial charge >= 0.3 is 0 Å². The highest BCUT2D eigenvalue weighted by atomic mass is 16.5. The van der Waals surface area contributed by atoms with Crippen LogP contribution in [0, 0.1) is 11.3 Å². The van der Waals surface area contributed by atoms with Gasteiger partial charge in [0.1, 0.15) is 11.8 Å². The van der Waals surface area contributed by atoms with Gasteiger partial charge < -0.3 is 9.84 Å². The molecule has 1 aromatic carbocycles. The van der Waals surface area contributed by atoms with Crippen molar-refractivity contribution in [3.05, 3.63) is 42.1 Å². The van der Waals surface area contributed by atoms with Crippen LogP contribution < -0.4 is 4.74 Å². The number of nitriles is 1. The van der Waals surface area contributed by atoms with E-state index in [1.165, 1.54) is 17.7 Å². The number of benzene rings is 1. The number of aromatic hydroxyl groups is 1.